The molecule has 1 heterocycles. The van der Waals surface area contributed by atoms with Gasteiger partial charge in [-0.05, 0) is 30.2 Å². The summed E-state index contributed by atoms with van der Waals surface area (Å²) in [6, 6.07) is 17.6. The second-order valence-corrected chi connectivity index (χ2v) is 7.01. The highest BCUT2D eigenvalue weighted by Crippen LogP contribution is 2.16. The molecule has 29 heavy (non-hydrogen) atoms. The molecule has 1 aliphatic rings. The van der Waals surface area contributed by atoms with Crippen molar-refractivity contribution in [3.63, 3.8) is 0 Å². The number of rotatable bonds is 8. The molecule has 2 aromatic rings. The quantitative estimate of drug-likeness (QED) is 0.690. The number of carbonyl (C=O) groups excluding carboxylic acids is 2. The Bertz CT molecular complexity index is 863. The molecule has 0 bridgehead atoms. The molecular weight excluding hydrogens is 366 g/mol. The molecule has 0 saturated carbocycles. The molecule has 6 nitrogen and oxygen atoms in total. The monoisotopic (exact) mass is 393 g/mol. The van der Waals surface area contributed by atoms with E-state index in [4.69, 9.17) is 4.74 Å². The molecule has 152 valence electrons. The number of benzene rings is 2. The van der Waals surface area contributed by atoms with Crippen LogP contribution in [0.25, 0.3) is 0 Å². The first-order valence-corrected chi connectivity index (χ1v) is 9.95. The van der Waals surface area contributed by atoms with Crippen LogP contribution < -0.4 is 4.74 Å². The van der Waals surface area contributed by atoms with Gasteiger partial charge in [0.25, 0.3) is 0 Å². The van der Waals surface area contributed by atoms with Crippen LogP contribution in [0, 0.1) is 0 Å². The van der Waals surface area contributed by atoms with Crippen LogP contribution in [0.2, 0.25) is 0 Å². The molecule has 0 radical (unpaired) electrons. The minimum atomic E-state index is -0.112. The number of carbonyl (C=O) groups is 2. The average Bonchev–Trinajstić information content (AvgIpc) is 3.24. The van der Waals surface area contributed by atoms with Gasteiger partial charge < -0.3 is 9.64 Å². The van der Waals surface area contributed by atoms with Crippen LogP contribution in [0.15, 0.2) is 59.7 Å². The zero-order valence-electron chi connectivity index (χ0n) is 17.0. The van der Waals surface area contributed by atoms with Gasteiger partial charge in [0.2, 0.25) is 11.8 Å². The van der Waals surface area contributed by atoms with Gasteiger partial charge in [0.15, 0.2) is 0 Å². The number of hydrogen-bond donors (Lipinski definition) is 0. The van der Waals surface area contributed by atoms with Gasteiger partial charge >= 0.3 is 0 Å². The summed E-state index contributed by atoms with van der Waals surface area (Å²) in [5.41, 5.74) is 2.97. The van der Waals surface area contributed by atoms with Gasteiger partial charge in [-0.25, -0.2) is 5.01 Å². The normalized spacial score (nSPS) is 13.2. The van der Waals surface area contributed by atoms with Crippen LogP contribution in [-0.4, -0.2) is 47.6 Å². The Labute approximate surface area is 171 Å². The molecule has 0 N–H and O–H groups in total. The Morgan fingerprint density at radius 3 is 2.48 bits per heavy atom. The highest BCUT2D eigenvalue weighted by Gasteiger charge is 2.22. The fraction of sp³-hybridized carbons (Fsp3) is 0.348. The molecule has 0 fully saturated rings. The molecule has 2 aromatic carbocycles. The molecule has 3 rings (SSSR count). The van der Waals surface area contributed by atoms with E-state index in [1.165, 1.54) is 5.01 Å². The minimum absolute atomic E-state index is 0.0568. The number of hydrazone groups is 1. The molecule has 6 heteroatoms. The average molecular weight is 393 g/mol. The standard InChI is InChI=1S/C23H27N3O3/c1-3-29-20-11-9-18(10-12-20)17-25(2)22(27)13-14-23(28)26-16-15-21(24-26)19-7-5-4-6-8-19/h4-12H,3,13-17H2,1-2H3. The molecule has 0 aromatic heterocycles. The van der Waals surface area contributed by atoms with Crippen molar-refractivity contribution in [2.75, 3.05) is 20.2 Å². The largest absolute Gasteiger partial charge is 0.494 e. The highest BCUT2D eigenvalue weighted by atomic mass is 16.5. The highest BCUT2D eigenvalue weighted by molar-refractivity contribution is 6.02. The van der Waals surface area contributed by atoms with Crippen LogP contribution in [-0.2, 0) is 16.1 Å². The molecule has 0 unspecified atom stereocenters. The third kappa shape index (κ3) is 5.67. The fourth-order valence-corrected chi connectivity index (χ4v) is 3.22. The number of hydrogen-bond acceptors (Lipinski definition) is 4. The lowest BCUT2D eigenvalue weighted by Crippen LogP contribution is -2.29. The van der Waals surface area contributed by atoms with Crippen LogP contribution >= 0.6 is 0 Å². The lowest BCUT2D eigenvalue weighted by Gasteiger charge is -2.18. The minimum Gasteiger partial charge on any atom is -0.494 e. The molecule has 0 spiro atoms. The van der Waals surface area contributed by atoms with E-state index in [1.54, 1.807) is 11.9 Å². The van der Waals surface area contributed by atoms with E-state index in [9.17, 15) is 9.59 Å². The van der Waals surface area contributed by atoms with Crippen molar-refractivity contribution in [2.24, 2.45) is 5.10 Å². The topological polar surface area (TPSA) is 62.2 Å². The molecule has 0 atom stereocenters. The van der Waals surface area contributed by atoms with E-state index < -0.39 is 0 Å². The van der Waals surface area contributed by atoms with Crippen molar-refractivity contribution in [3.05, 3.63) is 65.7 Å². The van der Waals surface area contributed by atoms with Gasteiger partial charge in [0, 0.05) is 32.9 Å². The van der Waals surface area contributed by atoms with Gasteiger partial charge in [0.05, 0.1) is 18.9 Å². The third-order valence-corrected chi connectivity index (χ3v) is 4.83. The van der Waals surface area contributed by atoms with E-state index in [-0.39, 0.29) is 24.7 Å². The van der Waals surface area contributed by atoms with Gasteiger partial charge in [-0.2, -0.15) is 5.10 Å². The van der Waals surface area contributed by atoms with Crippen molar-refractivity contribution >= 4 is 17.5 Å². The second-order valence-electron chi connectivity index (χ2n) is 7.01. The maximum absolute atomic E-state index is 12.4. The summed E-state index contributed by atoms with van der Waals surface area (Å²) in [4.78, 5) is 26.5. The number of nitrogens with zero attached hydrogens (tertiary/aromatic N) is 3. The summed E-state index contributed by atoms with van der Waals surface area (Å²) in [7, 11) is 1.75. The van der Waals surface area contributed by atoms with E-state index in [2.05, 4.69) is 5.10 Å². The van der Waals surface area contributed by atoms with E-state index >= 15 is 0 Å². The van der Waals surface area contributed by atoms with Crippen molar-refractivity contribution in [1.82, 2.24) is 9.91 Å². The maximum Gasteiger partial charge on any atom is 0.243 e. The Kier molecular flexibility index (Phi) is 7.00. The Morgan fingerprint density at radius 2 is 1.79 bits per heavy atom. The summed E-state index contributed by atoms with van der Waals surface area (Å²) >= 11 is 0. The second kappa shape index (κ2) is 9.87. The SMILES string of the molecule is CCOc1ccc(CN(C)C(=O)CCC(=O)N2CCC(c3ccccc3)=N2)cc1. The van der Waals surface area contributed by atoms with Crippen LogP contribution in [0.5, 0.6) is 5.75 Å². The zero-order valence-corrected chi connectivity index (χ0v) is 17.0. The lowest BCUT2D eigenvalue weighted by atomic mass is 10.1. The predicted octanol–water partition coefficient (Wildman–Crippen LogP) is 3.46. The van der Waals surface area contributed by atoms with Gasteiger partial charge in [-0.3, -0.25) is 9.59 Å². The van der Waals surface area contributed by atoms with Crippen LogP contribution in [0.1, 0.15) is 37.3 Å². The van der Waals surface area contributed by atoms with Crippen LogP contribution in [0.4, 0.5) is 0 Å². The van der Waals surface area contributed by atoms with Gasteiger partial charge in [-0.1, -0.05) is 42.5 Å². The zero-order chi connectivity index (χ0) is 20.6. The number of amides is 2. The van der Waals surface area contributed by atoms with E-state index in [0.717, 1.165) is 29.0 Å². The molecule has 0 saturated heterocycles. The maximum atomic E-state index is 12.4. The lowest BCUT2D eigenvalue weighted by molar-refractivity contribution is -0.136. The summed E-state index contributed by atoms with van der Waals surface area (Å²) in [6.45, 7) is 3.63. The van der Waals surface area contributed by atoms with Crippen molar-refractivity contribution in [1.29, 1.82) is 0 Å². The predicted molar refractivity (Wildman–Crippen MR) is 113 cm³/mol. The van der Waals surface area contributed by atoms with Crippen LogP contribution in [0.3, 0.4) is 0 Å². The summed E-state index contributed by atoms with van der Waals surface area (Å²) in [5.74, 6) is 0.648. The van der Waals surface area contributed by atoms with Crippen molar-refractivity contribution < 1.29 is 14.3 Å². The summed E-state index contributed by atoms with van der Waals surface area (Å²) in [5, 5.41) is 5.92. The number of ether oxygens (including phenoxy) is 1. The first kappa shape index (κ1) is 20.6. The van der Waals surface area contributed by atoms with Crippen molar-refractivity contribution in [3.8, 4) is 5.75 Å². The molecule has 2 amide bonds. The Balaban J connectivity index is 1.47. The summed E-state index contributed by atoms with van der Waals surface area (Å²) in [6.07, 6.45) is 1.08. The smallest absolute Gasteiger partial charge is 0.243 e. The summed E-state index contributed by atoms with van der Waals surface area (Å²) < 4.78 is 5.43. The molecular formula is C23H27N3O3. The molecule has 0 aliphatic carbocycles. The Morgan fingerprint density at radius 1 is 1.07 bits per heavy atom. The van der Waals surface area contributed by atoms with Gasteiger partial charge in [-0.15, -0.1) is 0 Å². The van der Waals surface area contributed by atoms with E-state index in [1.807, 2.05) is 61.5 Å². The fourth-order valence-electron chi connectivity index (χ4n) is 3.22. The Hall–Kier alpha value is -3.15. The first-order valence-electron chi connectivity index (χ1n) is 9.95. The van der Waals surface area contributed by atoms with Gasteiger partial charge in [0.1, 0.15) is 5.75 Å². The molecule has 1 aliphatic heterocycles. The first-order chi connectivity index (χ1) is 14.1. The van der Waals surface area contributed by atoms with Crippen molar-refractivity contribution in [2.45, 2.75) is 32.7 Å². The third-order valence-electron chi connectivity index (χ3n) is 4.83. The van der Waals surface area contributed by atoms with E-state index in [0.29, 0.717) is 19.7 Å².